The van der Waals surface area contributed by atoms with E-state index in [1.807, 2.05) is 4.72 Å². The van der Waals surface area contributed by atoms with Crippen molar-refractivity contribution in [2.75, 3.05) is 4.72 Å². The van der Waals surface area contributed by atoms with Crippen molar-refractivity contribution in [1.82, 2.24) is 9.78 Å². The molecule has 0 fully saturated rings. The van der Waals surface area contributed by atoms with Gasteiger partial charge in [0, 0.05) is 6.54 Å². The maximum Gasteiger partial charge on any atom is 0.418 e. The second-order valence-electron chi connectivity index (χ2n) is 4.56. The van der Waals surface area contributed by atoms with E-state index in [-0.39, 0.29) is 4.90 Å². The van der Waals surface area contributed by atoms with Crippen molar-refractivity contribution in [2.45, 2.75) is 31.5 Å². The van der Waals surface area contributed by atoms with E-state index in [2.05, 4.69) is 5.10 Å². The van der Waals surface area contributed by atoms with Crippen LogP contribution in [0.2, 0.25) is 0 Å². The smallest absolute Gasteiger partial charge is 0.279 e. The number of para-hydroxylation sites is 1. The number of aromatic nitrogens is 2. The summed E-state index contributed by atoms with van der Waals surface area (Å²) < 4.78 is 66.8. The van der Waals surface area contributed by atoms with Crippen LogP contribution in [0, 0.1) is 6.92 Å². The summed E-state index contributed by atoms with van der Waals surface area (Å²) in [6.07, 6.45) is -3.53. The van der Waals surface area contributed by atoms with Crippen molar-refractivity contribution >= 4 is 15.7 Å². The Morgan fingerprint density at radius 3 is 2.45 bits per heavy atom. The molecule has 120 valence electrons. The number of rotatable bonds is 4. The van der Waals surface area contributed by atoms with E-state index in [0.717, 1.165) is 18.3 Å². The van der Waals surface area contributed by atoms with Crippen molar-refractivity contribution in [2.24, 2.45) is 0 Å². The zero-order chi connectivity index (χ0) is 16.5. The molecule has 1 heterocycles. The molecule has 5 nitrogen and oxygen atoms in total. The van der Waals surface area contributed by atoms with Crippen LogP contribution < -0.4 is 4.72 Å². The fraction of sp³-hybridized carbons (Fsp3) is 0.308. The van der Waals surface area contributed by atoms with E-state index < -0.39 is 27.5 Å². The highest BCUT2D eigenvalue weighted by atomic mass is 32.2. The van der Waals surface area contributed by atoms with Gasteiger partial charge < -0.3 is 0 Å². The number of sulfonamides is 1. The van der Waals surface area contributed by atoms with Crippen LogP contribution in [0.3, 0.4) is 0 Å². The molecule has 0 radical (unpaired) electrons. The number of alkyl halides is 3. The summed E-state index contributed by atoms with van der Waals surface area (Å²) >= 11 is 0. The molecule has 0 saturated heterocycles. The van der Waals surface area contributed by atoms with Crippen molar-refractivity contribution in [1.29, 1.82) is 0 Å². The van der Waals surface area contributed by atoms with Gasteiger partial charge in [0.15, 0.2) is 0 Å². The molecule has 1 aromatic heterocycles. The Balaban J connectivity index is 2.44. The van der Waals surface area contributed by atoms with Crippen molar-refractivity contribution in [3.8, 4) is 0 Å². The van der Waals surface area contributed by atoms with Crippen molar-refractivity contribution in [3.63, 3.8) is 0 Å². The molecule has 1 N–H and O–H groups in total. The molecule has 2 aromatic rings. The van der Waals surface area contributed by atoms with E-state index in [9.17, 15) is 21.6 Å². The molecule has 9 heteroatoms. The number of hydrogen-bond acceptors (Lipinski definition) is 3. The minimum absolute atomic E-state index is 0.147. The molecular weight excluding hydrogens is 319 g/mol. The second-order valence-corrected chi connectivity index (χ2v) is 6.21. The molecule has 0 aliphatic rings. The van der Waals surface area contributed by atoms with Crippen LogP contribution in [-0.2, 0) is 22.7 Å². The highest BCUT2D eigenvalue weighted by molar-refractivity contribution is 7.92. The lowest BCUT2D eigenvalue weighted by Gasteiger charge is -2.14. The number of halogens is 3. The predicted octanol–water partition coefficient (Wildman–Crippen LogP) is 3.03. The lowest BCUT2D eigenvalue weighted by atomic mass is 10.2. The number of nitrogens with one attached hydrogen (secondary N) is 1. The Bertz CT molecular complexity index is 782. The topological polar surface area (TPSA) is 64.0 Å². The molecule has 0 saturated carbocycles. The van der Waals surface area contributed by atoms with E-state index in [1.165, 1.54) is 16.8 Å². The number of hydrogen-bond donors (Lipinski definition) is 1. The predicted molar refractivity (Wildman–Crippen MR) is 74.9 cm³/mol. The number of aryl methyl sites for hydroxylation is 1. The highest BCUT2D eigenvalue weighted by Gasteiger charge is 2.34. The SMILES string of the molecule is CCn1ncc(S(=O)(=O)Nc2ccccc2C(F)(F)F)c1C. The average molecular weight is 333 g/mol. The molecule has 0 spiro atoms. The van der Waals surface area contributed by atoms with Crippen LogP contribution in [0.25, 0.3) is 0 Å². The van der Waals surface area contributed by atoms with Crippen LogP contribution in [0.5, 0.6) is 0 Å². The van der Waals surface area contributed by atoms with Gasteiger partial charge in [-0.1, -0.05) is 12.1 Å². The fourth-order valence-electron chi connectivity index (χ4n) is 2.03. The van der Waals surface area contributed by atoms with Crippen LogP contribution >= 0.6 is 0 Å². The van der Waals surface area contributed by atoms with Crippen molar-refractivity contribution < 1.29 is 21.6 Å². The molecule has 2 rings (SSSR count). The summed E-state index contributed by atoms with van der Waals surface area (Å²) in [4.78, 5) is -0.147. The van der Waals surface area contributed by atoms with E-state index in [0.29, 0.717) is 12.2 Å². The molecule has 0 aliphatic carbocycles. The van der Waals surface area contributed by atoms with Gasteiger partial charge in [-0.25, -0.2) is 8.42 Å². The molecule has 22 heavy (non-hydrogen) atoms. The van der Waals surface area contributed by atoms with E-state index in [1.54, 1.807) is 13.8 Å². The van der Waals surface area contributed by atoms with Gasteiger partial charge in [-0.2, -0.15) is 18.3 Å². The summed E-state index contributed by atoms with van der Waals surface area (Å²) in [6, 6.07) is 4.41. The van der Waals surface area contributed by atoms with Gasteiger partial charge in [-0.05, 0) is 26.0 Å². The van der Waals surface area contributed by atoms with Gasteiger partial charge in [0.25, 0.3) is 10.0 Å². The minimum Gasteiger partial charge on any atom is -0.279 e. The zero-order valence-corrected chi connectivity index (χ0v) is 12.7. The quantitative estimate of drug-likeness (QED) is 0.935. The van der Waals surface area contributed by atoms with Gasteiger partial charge in [-0.3, -0.25) is 9.40 Å². The molecule has 1 aromatic carbocycles. The maximum atomic E-state index is 12.9. The first kappa shape index (κ1) is 16.3. The lowest BCUT2D eigenvalue weighted by Crippen LogP contribution is -2.17. The molecule has 0 aliphatic heterocycles. The molecule has 0 unspecified atom stereocenters. The van der Waals surface area contributed by atoms with Crippen molar-refractivity contribution in [3.05, 3.63) is 41.7 Å². The summed E-state index contributed by atoms with van der Waals surface area (Å²) in [7, 11) is -4.15. The maximum absolute atomic E-state index is 12.9. The Hall–Kier alpha value is -2.03. The van der Waals surface area contributed by atoms with Crippen LogP contribution in [0.1, 0.15) is 18.2 Å². The summed E-state index contributed by atoms with van der Waals surface area (Å²) in [5.41, 5.74) is -1.20. The van der Waals surface area contributed by atoms with E-state index >= 15 is 0 Å². The van der Waals surface area contributed by atoms with E-state index in [4.69, 9.17) is 0 Å². The normalized spacial score (nSPS) is 12.4. The van der Waals surface area contributed by atoms with Gasteiger partial charge in [0.1, 0.15) is 4.90 Å². The third-order valence-corrected chi connectivity index (χ3v) is 4.59. The summed E-state index contributed by atoms with van der Waals surface area (Å²) in [6.45, 7) is 3.78. The first-order chi connectivity index (χ1) is 10.2. The average Bonchev–Trinajstić information content (AvgIpc) is 2.79. The van der Waals surface area contributed by atoms with Crippen LogP contribution in [0.15, 0.2) is 35.4 Å². The van der Waals surface area contributed by atoms with Gasteiger partial charge in [-0.15, -0.1) is 0 Å². The first-order valence-electron chi connectivity index (χ1n) is 6.38. The molecule has 0 bridgehead atoms. The number of nitrogens with zero attached hydrogens (tertiary/aromatic N) is 2. The monoisotopic (exact) mass is 333 g/mol. The van der Waals surface area contributed by atoms with Crippen LogP contribution in [-0.4, -0.2) is 18.2 Å². The Morgan fingerprint density at radius 1 is 1.27 bits per heavy atom. The van der Waals surface area contributed by atoms with Crippen LogP contribution in [0.4, 0.5) is 18.9 Å². The third-order valence-electron chi connectivity index (χ3n) is 3.12. The van der Waals surface area contributed by atoms with Gasteiger partial charge in [0.2, 0.25) is 0 Å². The standard InChI is InChI=1S/C13H14F3N3O2S/c1-3-19-9(2)12(8-17-19)22(20,21)18-11-7-5-4-6-10(11)13(14,15)16/h4-8,18H,3H2,1-2H3. The number of benzene rings is 1. The fourth-order valence-corrected chi connectivity index (χ4v) is 3.29. The molecular formula is C13H14F3N3O2S. The zero-order valence-electron chi connectivity index (χ0n) is 11.8. The first-order valence-corrected chi connectivity index (χ1v) is 7.86. The Kier molecular flexibility index (Phi) is 4.19. The largest absolute Gasteiger partial charge is 0.418 e. The lowest BCUT2D eigenvalue weighted by molar-refractivity contribution is -0.136. The second kappa shape index (κ2) is 5.64. The van der Waals surface area contributed by atoms with Gasteiger partial charge >= 0.3 is 6.18 Å². The van der Waals surface area contributed by atoms with Gasteiger partial charge in [0.05, 0.1) is 23.1 Å². The highest BCUT2D eigenvalue weighted by Crippen LogP contribution is 2.35. The number of anilines is 1. The summed E-state index contributed by atoms with van der Waals surface area (Å²) in [5.74, 6) is 0. The third kappa shape index (κ3) is 3.08. The minimum atomic E-state index is -4.65. The summed E-state index contributed by atoms with van der Waals surface area (Å²) in [5, 5.41) is 3.89. The Labute approximate surface area is 125 Å². The molecule has 0 atom stereocenters. The molecule has 0 amide bonds. The Morgan fingerprint density at radius 2 is 1.91 bits per heavy atom.